The van der Waals surface area contributed by atoms with Gasteiger partial charge in [0, 0.05) is 24.1 Å². The zero-order valence-electron chi connectivity index (χ0n) is 11.6. The predicted molar refractivity (Wildman–Crippen MR) is 73.3 cm³/mol. The highest BCUT2D eigenvalue weighted by Gasteiger charge is 2.37. The molecule has 1 aromatic heterocycles. The number of phenols is 1. The molecule has 1 atom stereocenters. The molecule has 5 heteroatoms. The number of benzene rings is 1. The molecule has 0 spiro atoms. The van der Waals surface area contributed by atoms with E-state index in [2.05, 4.69) is 0 Å². The molecule has 3 rings (SSSR count). The Morgan fingerprint density at radius 3 is 2.70 bits per heavy atom. The first-order valence-electron chi connectivity index (χ1n) is 6.45. The molecule has 0 radical (unpaired) electrons. The second kappa shape index (κ2) is 3.99. The van der Waals surface area contributed by atoms with Crippen LogP contribution >= 0.6 is 0 Å². The normalized spacial score (nSPS) is 18.1. The van der Waals surface area contributed by atoms with Gasteiger partial charge in [-0.1, -0.05) is 0 Å². The summed E-state index contributed by atoms with van der Waals surface area (Å²) >= 11 is 0. The minimum absolute atomic E-state index is 0.113. The average Bonchev–Trinajstić information content (AvgIpc) is 2.71. The molecule has 20 heavy (non-hydrogen) atoms. The van der Waals surface area contributed by atoms with E-state index >= 15 is 0 Å². The van der Waals surface area contributed by atoms with Gasteiger partial charge in [-0.25, -0.2) is 0 Å². The molecule has 106 valence electrons. The number of ether oxygens (including phenoxy) is 1. The van der Waals surface area contributed by atoms with Crippen LogP contribution in [0.2, 0.25) is 0 Å². The molecule has 0 unspecified atom stereocenters. The van der Waals surface area contributed by atoms with Crippen LogP contribution < -0.4 is 10.2 Å². The van der Waals surface area contributed by atoms with E-state index in [-0.39, 0.29) is 16.6 Å². The lowest BCUT2D eigenvalue weighted by molar-refractivity contribution is -0.0229. The summed E-state index contributed by atoms with van der Waals surface area (Å²) in [4.78, 5) is 12.0. The summed E-state index contributed by atoms with van der Waals surface area (Å²) < 4.78 is 11.1. The third-order valence-electron chi connectivity index (χ3n) is 3.63. The molecule has 0 saturated carbocycles. The number of rotatable bonds is 1. The van der Waals surface area contributed by atoms with Crippen molar-refractivity contribution in [2.45, 2.75) is 38.9 Å². The molecule has 1 aliphatic rings. The average molecular weight is 276 g/mol. The van der Waals surface area contributed by atoms with E-state index in [0.717, 1.165) is 0 Å². The lowest BCUT2D eigenvalue weighted by Gasteiger charge is -2.24. The van der Waals surface area contributed by atoms with Crippen LogP contribution in [-0.2, 0) is 6.42 Å². The van der Waals surface area contributed by atoms with E-state index in [1.807, 2.05) is 0 Å². The van der Waals surface area contributed by atoms with Gasteiger partial charge in [0.05, 0.1) is 5.60 Å². The van der Waals surface area contributed by atoms with Crippen LogP contribution in [0.15, 0.2) is 21.3 Å². The van der Waals surface area contributed by atoms with Crippen LogP contribution in [0.3, 0.4) is 0 Å². The number of aromatic hydroxyl groups is 1. The van der Waals surface area contributed by atoms with Crippen LogP contribution in [-0.4, -0.2) is 21.9 Å². The fraction of sp³-hybridized carbons (Fsp3) is 0.400. The lowest BCUT2D eigenvalue weighted by atomic mass is 9.96. The van der Waals surface area contributed by atoms with Gasteiger partial charge >= 0.3 is 0 Å². The zero-order chi connectivity index (χ0) is 14.7. The van der Waals surface area contributed by atoms with Crippen LogP contribution in [0, 0.1) is 6.92 Å². The van der Waals surface area contributed by atoms with Gasteiger partial charge in [-0.3, -0.25) is 4.79 Å². The van der Waals surface area contributed by atoms with Crippen molar-refractivity contribution >= 4 is 11.0 Å². The van der Waals surface area contributed by atoms with Crippen LogP contribution in [0.4, 0.5) is 0 Å². The minimum atomic E-state index is -1.04. The van der Waals surface area contributed by atoms with Crippen LogP contribution in [0.25, 0.3) is 11.0 Å². The van der Waals surface area contributed by atoms with Gasteiger partial charge in [0.1, 0.15) is 34.3 Å². The molecule has 2 aromatic rings. The first kappa shape index (κ1) is 13.0. The first-order valence-corrected chi connectivity index (χ1v) is 6.45. The predicted octanol–water partition coefficient (Wildman–Crippen LogP) is 1.88. The Labute approximate surface area is 115 Å². The van der Waals surface area contributed by atoms with Crippen molar-refractivity contribution in [2.75, 3.05) is 0 Å². The topological polar surface area (TPSA) is 79.9 Å². The molecule has 1 aromatic carbocycles. The Morgan fingerprint density at radius 2 is 2.05 bits per heavy atom. The van der Waals surface area contributed by atoms with Crippen molar-refractivity contribution in [3.63, 3.8) is 0 Å². The Balaban J connectivity index is 2.23. The number of hydrogen-bond acceptors (Lipinski definition) is 5. The fourth-order valence-electron chi connectivity index (χ4n) is 2.52. The summed E-state index contributed by atoms with van der Waals surface area (Å²) in [5.41, 5.74) is -0.482. The molecule has 1 aliphatic heterocycles. The summed E-state index contributed by atoms with van der Waals surface area (Å²) in [5.74, 6) is 0.813. The lowest BCUT2D eigenvalue weighted by Crippen LogP contribution is -2.39. The third kappa shape index (κ3) is 1.86. The minimum Gasteiger partial charge on any atom is -0.507 e. The second-order valence-corrected chi connectivity index (χ2v) is 5.76. The summed E-state index contributed by atoms with van der Waals surface area (Å²) in [7, 11) is 0. The highest BCUT2D eigenvalue weighted by molar-refractivity contribution is 5.87. The molecule has 2 heterocycles. The quantitative estimate of drug-likeness (QED) is 0.831. The van der Waals surface area contributed by atoms with E-state index < -0.39 is 11.7 Å². The largest absolute Gasteiger partial charge is 0.507 e. The van der Waals surface area contributed by atoms with Crippen LogP contribution in [0.1, 0.15) is 25.2 Å². The Hall–Kier alpha value is -2.01. The number of aryl methyl sites for hydroxylation is 1. The molecule has 2 N–H and O–H groups in total. The molecule has 0 aliphatic carbocycles. The number of hydrogen-bond donors (Lipinski definition) is 2. The van der Waals surface area contributed by atoms with Crippen molar-refractivity contribution in [2.24, 2.45) is 0 Å². The van der Waals surface area contributed by atoms with Crippen molar-refractivity contribution in [3.05, 3.63) is 33.7 Å². The van der Waals surface area contributed by atoms with E-state index in [9.17, 15) is 15.0 Å². The third-order valence-corrected chi connectivity index (χ3v) is 3.63. The summed E-state index contributed by atoms with van der Waals surface area (Å²) in [5, 5.41) is 20.5. The molecule has 0 fully saturated rings. The Bertz CT molecular complexity index is 751. The van der Waals surface area contributed by atoms with Crippen molar-refractivity contribution in [1.29, 1.82) is 0 Å². The first-order chi connectivity index (χ1) is 9.27. The molecular formula is C15H16O5. The van der Waals surface area contributed by atoms with Gasteiger partial charge < -0.3 is 19.4 Å². The molecule has 5 nitrogen and oxygen atoms in total. The summed E-state index contributed by atoms with van der Waals surface area (Å²) in [6.45, 7) is 4.97. The Kier molecular flexibility index (Phi) is 2.59. The zero-order valence-corrected chi connectivity index (χ0v) is 11.6. The fourth-order valence-corrected chi connectivity index (χ4v) is 2.52. The maximum absolute atomic E-state index is 12.0. The van der Waals surface area contributed by atoms with E-state index in [0.29, 0.717) is 29.1 Å². The Morgan fingerprint density at radius 1 is 1.35 bits per heavy atom. The van der Waals surface area contributed by atoms with E-state index in [1.54, 1.807) is 26.8 Å². The smallest absolute Gasteiger partial charge is 0.196 e. The van der Waals surface area contributed by atoms with E-state index in [4.69, 9.17) is 9.15 Å². The maximum Gasteiger partial charge on any atom is 0.196 e. The standard InChI is InChI=1S/C15H16O5/c1-7-4-9(16)13-11(19-7)6-10-8(14(13)17)5-12(20-10)15(2,3)18/h4,6,12,17-18H,5H2,1-3H3/t12-/m1/s1. The van der Waals surface area contributed by atoms with E-state index in [1.165, 1.54) is 6.07 Å². The van der Waals surface area contributed by atoms with Crippen molar-refractivity contribution in [3.8, 4) is 11.5 Å². The van der Waals surface area contributed by atoms with Crippen molar-refractivity contribution in [1.82, 2.24) is 0 Å². The number of aliphatic hydroxyl groups is 1. The highest BCUT2D eigenvalue weighted by atomic mass is 16.5. The molecular weight excluding hydrogens is 260 g/mol. The van der Waals surface area contributed by atoms with Crippen LogP contribution in [0.5, 0.6) is 11.5 Å². The number of phenolic OH excluding ortho intramolecular Hbond substituents is 1. The SMILES string of the molecule is Cc1cc(=O)c2c(O)c3c(cc2o1)O[C@@H](C(C)(C)O)C3. The van der Waals surface area contributed by atoms with Gasteiger partial charge in [-0.2, -0.15) is 0 Å². The monoisotopic (exact) mass is 276 g/mol. The van der Waals surface area contributed by atoms with Gasteiger partial charge in [-0.05, 0) is 20.8 Å². The summed E-state index contributed by atoms with van der Waals surface area (Å²) in [6.07, 6.45) is -0.107. The molecule has 0 bridgehead atoms. The van der Waals surface area contributed by atoms with Crippen molar-refractivity contribution < 1.29 is 19.4 Å². The van der Waals surface area contributed by atoms with Gasteiger partial charge in [0.15, 0.2) is 5.43 Å². The van der Waals surface area contributed by atoms with Gasteiger partial charge in [0.25, 0.3) is 0 Å². The second-order valence-electron chi connectivity index (χ2n) is 5.76. The van der Waals surface area contributed by atoms with Gasteiger partial charge in [0.2, 0.25) is 0 Å². The maximum atomic E-state index is 12.0. The molecule has 0 saturated heterocycles. The van der Waals surface area contributed by atoms with Gasteiger partial charge in [-0.15, -0.1) is 0 Å². The highest BCUT2D eigenvalue weighted by Crippen LogP contribution is 2.42. The molecule has 0 amide bonds. The number of fused-ring (bicyclic) bond motifs is 2. The summed E-state index contributed by atoms with van der Waals surface area (Å²) in [6, 6.07) is 2.95.